The molecule has 1 aromatic rings. The van der Waals surface area contributed by atoms with Crippen molar-refractivity contribution in [2.45, 2.75) is 45.4 Å². The Morgan fingerprint density at radius 3 is 2.21 bits per heavy atom. The molecule has 0 radical (unpaired) electrons. The second-order valence-electron chi connectivity index (χ2n) is 8.68. The molecule has 0 aliphatic heterocycles. The van der Waals surface area contributed by atoms with Gasteiger partial charge in [0.25, 0.3) is 0 Å². The number of ether oxygens (including phenoxy) is 3. The summed E-state index contributed by atoms with van der Waals surface area (Å²) in [6.45, 7) is 6.66. The van der Waals surface area contributed by atoms with Crippen molar-refractivity contribution in [2.24, 2.45) is 0 Å². The van der Waals surface area contributed by atoms with Gasteiger partial charge in [-0.3, -0.25) is 15.7 Å². The van der Waals surface area contributed by atoms with Crippen LogP contribution in [0.3, 0.4) is 0 Å². The van der Waals surface area contributed by atoms with Gasteiger partial charge in [0.2, 0.25) is 5.91 Å². The normalized spacial score (nSPS) is 12.3. The van der Waals surface area contributed by atoms with E-state index in [-0.39, 0.29) is 43.2 Å². The van der Waals surface area contributed by atoms with Gasteiger partial charge in [-0.15, -0.1) is 0 Å². The SMILES string of the molecule is C[SH](C)CC[C@H](NC(=O)OC(C)(C)C)C(=O)NCCOCCNC(=O)OCc1ccccc1. The standard InChI is InChI=1S/C23H39N3O6S/c1-23(2,3)32-22(29)26-19(11-16-33(4)5)20(27)24-12-14-30-15-13-25-21(28)31-17-18-9-7-6-8-10-18/h6-10,19,33H,11-17H2,1-5H3,(H,24,27)(H,25,28)(H,26,29)/t19-/m0/s1. The molecule has 9 nitrogen and oxygen atoms in total. The maximum absolute atomic E-state index is 12.5. The van der Waals surface area contributed by atoms with Crippen LogP contribution in [0.4, 0.5) is 9.59 Å². The highest BCUT2D eigenvalue weighted by Gasteiger charge is 2.24. The van der Waals surface area contributed by atoms with Gasteiger partial charge in [0.05, 0.1) is 13.2 Å². The third kappa shape index (κ3) is 15.1. The van der Waals surface area contributed by atoms with Gasteiger partial charge in [0.1, 0.15) is 18.2 Å². The molecule has 0 heterocycles. The highest BCUT2D eigenvalue weighted by molar-refractivity contribution is 8.15. The molecule has 0 unspecified atom stereocenters. The molecule has 33 heavy (non-hydrogen) atoms. The molecule has 1 rings (SSSR count). The second-order valence-corrected chi connectivity index (χ2v) is 11.3. The Bertz CT molecular complexity index is 725. The van der Waals surface area contributed by atoms with Crippen molar-refractivity contribution >= 4 is 29.0 Å². The molecule has 0 aliphatic carbocycles. The van der Waals surface area contributed by atoms with E-state index in [0.29, 0.717) is 13.0 Å². The van der Waals surface area contributed by atoms with E-state index >= 15 is 0 Å². The summed E-state index contributed by atoms with van der Waals surface area (Å²) in [6.07, 6.45) is 3.66. The fraction of sp³-hybridized carbons (Fsp3) is 0.609. The number of carbonyl (C=O) groups excluding carboxylic acids is 3. The van der Waals surface area contributed by atoms with Crippen LogP contribution in [-0.2, 0) is 25.6 Å². The minimum atomic E-state index is -0.661. The number of benzene rings is 1. The van der Waals surface area contributed by atoms with E-state index < -0.39 is 23.8 Å². The Morgan fingerprint density at radius 1 is 0.970 bits per heavy atom. The van der Waals surface area contributed by atoms with Crippen LogP contribution in [0.15, 0.2) is 30.3 Å². The predicted octanol–water partition coefficient (Wildman–Crippen LogP) is 2.59. The van der Waals surface area contributed by atoms with Crippen LogP contribution in [0.1, 0.15) is 32.8 Å². The number of hydrogen-bond acceptors (Lipinski definition) is 6. The highest BCUT2D eigenvalue weighted by atomic mass is 32.2. The summed E-state index contributed by atoms with van der Waals surface area (Å²) < 4.78 is 15.8. The molecule has 0 aromatic heterocycles. The van der Waals surface area contributed by atoms with Gasteiger partial charge in [-0.1, -0.05) is 30.3 Å². The van der Waals surface area contributed by atoms with E-state index in [1.54, 1.807) is 20.8 Å². The lowest BCUT2D eigenvalue weighted by molar-refractivity contribution is -0.123. The van der Waals surface area contributed by atoms with Crippen molar-refractivity contribution in [1.29, 1.82) is 0 Å². The first-order valence-corrected chi connectivity index (χ1v) is 13.4. The zero-order valence-corrected chi connectivity index (χ0v) is 21.2. The molecule has 10 heteroatoms. The van der Waals surface area contributed by atoms with Gasteiger partial charge in [-0.05, 0) is 51.0 Å². The lowest BCUT2D eigenvalue weighted by atomic mass is 10.2. The third-order valence-electron chi connectivity index (χ3n) is 4.15. The van der Waals surface area contributed by atoms with Crippen molar-refractivity contribution in [2.75, 3.05) is 44.6 Å². The van der Waals surface area contributed by atoms with Crippen LogP contribution >= 0.6 is 10.9 Å². The summed E-state index contributed by atoms with van der Waals surface area (Å²) in [4.78, 5) is 36.3. The number of thiol groups is 1. The number of alkyl carbamates (subject to hydrolysis) is 2. The maximum atomic E-state index is 12.5. The zero-order valence-electron chi connectivity index (χ0n) is 20.3. The molecule has 0 saturated heterocycles. The minimum absolute atomic E-state index is 0.196. The fourth-order valence-corrected chi connectivity index (χ4v) is 3.35. The number of rotatable bonds is 13. The molecule has 0 aliphatic rings. The van der Waals surface area contributed by atoms with Gasteiger partial charge in [-0.2, -0.15) is 0 Å². The van der Waals surface area contributed by atoms with Crippen LogP contribution < -0.4 is 16.0 Å². The number of amides is 3. The Morgan fingerprint density at radius 2 is 1.61 bits per heavy atom. The van der Waals surface area contributed by atoms with Crippen LogP contribution in [0, 0.1) is 0 Å². The Hall–Kier alpha value is -2.46. The largest absolute Gasteiger partial charge is 0.445 e. The molecule has 188 valence electrons. The van der Waals surface area contributed by atoms with Crippen LogP contribution in [0.5, 0.6) is 0 Å². The van der Waals surface area contributed by atoms with E-state index in [2.05, 4.69) is 28.5 Å². The maximum Gasteiger partial charge on any atom is 0.408 e. The third-order valence-corrected chi connectivity index (χ3v) is 5.30. The van der Waals surface area contributed by atoms with Crippen molar-refractivity contribution in [3.63, 3.8) is 0 Å². The average molecular weight is 486 g/mol. The summed E-state index contributed by atoms with van der Waals surface area (Å²) in [7, 11) is -0.196. The predicted molar refractivity (Wildman–Crippen MR) is 132 cm³/mol. The van der Waals surface area contributed by atoms with Gasteiger partial charge >= 0.3 is 12.2 Å². The Balaban J connectivity index is 2.22. The van der Waals surface area contributed by atoms with Crippen molar-refractivity contribution in [3.05, 3.63) is 35.9 Å². The smallest absolute Gasteiger partial charge is 0.408 e. The molecule has 1 aromatic carbocycles. The van der Waals surface area contributed by atoms with E-state index in [9.17, 15) is 14.4 Å². The first kappa shape index (κ1) is 28.6. The second kappa shape index (κ2) is 15.4. The van der Waals surface area contributed by atoms with Gasteiger partial charge in [-0.25, -0.2) is 9.59 Å². The molecule has 0 saturated carbocycles. The molecule has 3 N–H and O–H groups in total. The zero-order chi connectivity index (χ0) is 24.7. The van der Waals surface area contributed by atoms with E-state index in [4.69, 9.17) is 14.2 Å². The summed E-state index contributed by atoms with van der Waals surface area (Å²) in [5, 5.41) is 8.04. The number of nitrogens with one attached hydrogen (secondary N) is 3. The lowest BCUT2D eigenvalue weighted by Crippen LogP contribution is -2.49. The quantitative estimate of drug-likeness (QED) is 0.252. The lowest BCUT2D eigenvalue weighted by Gasteiger charge is -2.24. The summed E-state index contributed by atoms with van der Waals surface area (Å²) in [5.41, 5.74) is 0.275. The first-order valence-electron chi connectivity index (χ1n) is 11.0. The van der Waals surface area contributed by atoms with Crippen LogP contribution in [0.2, 0.25) is 0 Å². The van der Waals surface area contributed by atoms with Crippen molar-refractivity contribution in [1.82, 2.24) is 16.0 Å². The number of carbonyl (C=O) groups is 3. The van der Waals surface area contributed by atoms with Crippen LogP contribution in [-0.4, -0.2) is 74.3 Å². The number of hydrogen-bond donors (Lipinski definition) is 4. The van der Waals surface area contributed by atoms with Gasteiger partial charge in [0, 0.05) is 13.1 Å². The van der Waals surface area contributed by atoms with E-state index in [1.807, 2.05) is 30.3 Å². The summed E-state index contributed by atoms with van der Waals surface area (Å²) >= 11 is 0. The minimum Gasteiger partial charge on any atom is -0.445 e. The first-order chi connectivity index (χ1) is 15.6. The average Bonchev–Trinajstić information content (AvgIpc) is 2.73. The van der Waals surface area contributed by atoms with Gasteiger partial charge < -0.3 is 30.2 Å². The monoisotopic (exact) mass is 485 g/mol. The molecule has 0 spiro atoms. The van der Waals surface area contributed by atoms with Crippen molar-refractivity contribution in [3.8, 4) is 0 Å². The summed E-state index contributed by atoms with van der Waals surface area (Å²) in [5.74, 6) is 0.579. The summed E-state index contributed by atoms with van der Waals surface area (Å²) in [6, 6.07) is 8.75. The van der Waals surface area contributed by atoms with E-state index in [1.165, 1.54) is 0 Å². The molecular weight excluding hydrogens is 446 g/mol. The molecule has 0 bridgehead atoms. The van der Waals surface area contributed by atoms with Crippen LogP contribution in [0.25, 0.3) is 0 Å². The van der Waals surface area contributed by atoms with E-state index in [0.717, 1.165) is 11.3 Å². The molecular formula is C23H39N3O6S. The highest BCUT2D eigenvalue weighted by Crippen LogP contribution is 2.16. The Labute approximate surface area is 199 Å². The fourth-order valence-electron chi connectivity index (χ4n) is 2.58. The molecule has 1 atom stereocenters. The Kier molecular flexibility index (Phi) is 13.3. The molecule has 0 fully saturated rings. The van der Waals surface area contributed by atoms with Gasteiger partial charge in [0.15, 0.2) is 0 Å². The topological polar surface area (TPSA) is 115 Å². The van der Waals surface area contributed by atoms with Crippen molar-refractivity contribution < 1.29 is 28.6 Å². The molecule has 3 amide bonds.